The Morgan fingerprint density at radius 3 is 1.91 bits per heavy atom. The lowest BCUT2D eigenvalue weighted by Gasteiger charge is -2.27. The lowest BCUT2D eigenvalue weighted by atomic mass is 10.9. The van der Waals surface area contributed by atoms with Gasteiger partial charge in [-0.2, -0.15) is 0 Å². The van der Waals surface area contributed by atoms with E-state index in [0.29, 0.717) is 0 Å². The van der Waals surface area contributed by atoms with Crippen molar-refractivity contribution in [1.82, 2.24) is 0 Å². The highest BCUT2D eigenvalue weighted by molar-refractivity contribution is 6.88. The quantitative estimate of drug-likeness (QED) is 0.690. The van der Waals surface area contributed by atoms with E-state index < -0.39 is 16.6 Å². The summed E-state index contributed by atoms with van der Waals surface area (Å²) in [7, 11) is -3.42. The molecule has 0 aliphatic heterocycles. The Hall–Kier alpha value is 0.354. The highest BCUT2D eigenvalue weighted by Crippen LogP contribution is 2.18. The van der Waals surface area contributed by atoms with Crippen molar-refractivity contribution < 1.29 is 9.22 Å². The Kier molecular flexibility index (Phi) is 3.97. The van der Waals surface area contributed by atoms with Crippen LogP contribution in [-0.4, -0.2) is 28.0 Å². The van der Waals surface area contributed by atoms with Gasteiger partial charge in [-0.1, -0.05) is 0 Å². The summed E-state index contributed by atoms with van der Waals surface area (Å²) >= 11 is 0. The molecule has 0 aromatic rings. The van der Waals surface area contributed by atoms with Gasteiger partial charge < -0.3 is 9.22 Å². The van der Waals surface area contributed by atoms with Gasteiger partial charge in [0.1, 0.15) is 0 Å². The van der Waals surface area contributed by atoms with Gasteiger partial charge in [0.2, 0.25) is 0 Å². The summed E-state index contributed by atoms with van der Waals surface area (Å²) in [6.45, 7) is 11.1. The van der Waals surface area contributed by atoms with Crippen LogP contribution >= 0.6 is 0 Å². The normalized spacial score (nSPS) is 13.6. The van der Waals surface area contributed by atoms with E-state index in [0.717, 1.165) is 12.3 Å². The van der Waals surface area contributed by atoms with Crippen molar-refractivity contribution >= 4 is 16.6 Å². The molecule has 0 saturated heterocycles. The van der Waals surface area contributed by atoms with Crippen molar-refractivity contribution in [2.24, 2.45) is 0 Å². The summed E-state index contributed by atoms with van der Waals surface area (Å²) in [5.41, 5.74) is 0.938. The van der Waals surface area contributed by atoms with Crippen molar-refractivity contribution in [3.63, 3.8) is 0 Å². The fourth-order valence-electron chi connectivity index (χ4n) is 1.48. The molecule has 4 heteroatoms. The molecule has 0 aromatic carbocycles. The summed E-state index contributed by atoms with van der Waals surface area (Å²) in [4.78, 5) is 9.67. The van der Waals surface area contributed by atoms with Gasteiger partial charge in [0.05, 0.1) is 0 Å². The molecule has 0 radical (unpaired) electrons. The highest BCUT2D eigenvalue weighted by atomic mass is 28.4. The van der Waals surface area contributed by atoms with E-state index in [2.05, 4.69) is 13.1 Å². The minimum atomic E-state index is -1.89. The van der Waals surface area contributed by atoms with E-state index >= 15 is 0 Å². The van der Waals surface area contributed by atoms with E-state index in [1.807, 2.05) is 20.0 Å². The molecule has 0 rings (SSSR count). The molecular formula is C7H20O2Si2. The van der Waals surface area contributed by atoms with Gasteiger partial charge in [-0.15, -0.1) is 0 Å². The van der Waals surface area contributed by atoms with Gasteiger partial charge in [0.15, 0.2) is 16.6 Å². The second-order valence-corrected chi connectivity index (χ2v) is 13.0. The maximum absolute atomic E-state index is 9.67. The predicted octanol–water partition coefficient (Wildman–Crippen LogP) is 1.96. The van der Waals surface area contributed by atoms with Crippen LogP contribution in [0.25, 0.3) is 0 Å². The maximum atomic E-state index is 9.67. The van der Waals surface area contributed by atoms with E-state index in [1.54, 1.807) is 0 Å². The first kappa shape index (κ1) is 11.4. The van der Waals surface area contributed by atoms with Crippen LogP contribution in [0.5, 0.6) is 0 Å². The molecule has 0 aromatic heterocycles. The van der Waals surface area contributed by atoms with Gasteiger partial charge in [0, 0.05) is 6.61 Å². The van der Waals surface area contributed by atoms with Crippen LogP contribution in [0.4, 0.5) is 0 Å². The summed E-state index contributed by atoms with van der Waals surface area (Å²) in [6.07, 6.45) is 0. The van der Waals surface area contributed by atoms with Gasteiger partial charge in [0.25, 0.3) is 0 Å². The minimum Gasteiger partial charge on any atom is -0.432 e. The zero-order valence-electron chi connectivity index (χ0n) is 8.27. The van der Waals surface area contributed by atoms with Crippen molar-refractivity contribution in [2.75, 3.05) is 6.61 Å². The molecule has 0 spiro atoms. The van der Waals surface area contributed by atoms with Crippen LogP contribution in [-0.2, 0) is 4.43 Å². The monoisotopic (exact) mass is 192 g/mol. The third-order valence-corrected chi connectivity index (χ3v) is 9.33. The van der Waals surface area contributed by atoms with E-state index in [1.165, 1.54) is 0 Å². The third kappa shape index (κ3) is 6.74. The molecule has 1 N–H and O–H groups in total. The number of hydrogen-bond donors (Lipinski definition) is 1. The van der Waals surface area contributed by atoms with Crippen molar-refractivity contribution in [1.29, 1.82) is 0 Å². The number of hydrogen-bond acceptors (Lipinski definition) is 2. The molecule has 2 nitrogen and oxygen atoms in total. The van der Waals surface area contributed by atoms with Crippen LogP contribution in [0, 0.1) is 0 Å². The highest BCUT2D eigenvalue weighted by Gasteiger charge is 2.31. The molecule has 0 saturated carbocycles. The van der Waals surface area contributed by atoms with E-state index in [-0.39, 0.29) is 0 Å². The molecule has 11 heavy (non-hydrogen) atoms. The van der Waals surface area contributed by atoms with Crippen LogP contribution in [0.15, 0.2) is 0 Å². The first-order valence-electron chi connectivity index (χ1n) is 4.13. The first-order chi connectivity index (χ1) is 4.77. The minimum absolute atomic E-state index is 0.781. The average Bonchev–Trinajstić information content (AvgIpc) is 1.55. The maximum Gasteiger partial charge on any atom is 0.186 e. The Labute approximate surface area is 71.8 Å². The van der Waals surface area contributed by atoms with Crippen molar-refractivity contribution in [3.8, 4) is 0 Å². The van der Waals surface area contributed by atoms with Crippen LogP contribution in [0.2, 0.25) is 31.9 Å². The van der Waals surface area contributed by atoms with Crippen LogP contribution in [0.3, 0.4) is 0 Å². The average molecular weight is 192 g/mol. The molecule has 0 amide bonds. The molecule has 0 fully saturated rings. The molecule has 0 heterocycles. The van der Waals surface area contributed by atoms with Crippen molar-refractivity contribution in [3.05, 3.63) is 0 Å². The summed E-state index contributed by atoms with van der Waals surface area (Å²) < 4.78 is 5.62. The molecule has 68 valence electrons. The van der Waals surface area contributed by atoms with Crippen LogP contribution < -0.4 is 0 Å². The zero-order valence-corrected chi connectivity index (χ0v) is 10.3. The van der Waals surface area contributed by atoms with Crippen molar-refractivity contribution in [2.45, 2.75) is 38.8 Å². The number of rotatable bonds is 4. The summed E-state index contributed by atoms with van der Waals surface area (Å²) in [5, 5.41) is 0. The molecule has 0 unspecified atom stereocenters. The Bertz CT molecular complexity index is 118. The third-order valence-electron chi connectivity index (χ3n) is 1.39. The van der Waals surface area contributed by atoms with Gasteiger partial charge >= 0.3 is 0 Å². The molecule has 0 atom stereocenters. The molecule has 0 aliphatic carbocycles. The lowest BCUT2D eigenvalue weighted by molar-refractivity contribution is 0.331. The zero-order chi connectivity index (χ0) is 9.12. The van der Waals surface area contributed by atoms with Gasteiger partial charge in [-0.3, -0.25) is 0 Å². The Morgan fingerprint density at radius 1 is 1.18 bits per heavy atom. The lowest BCUT2D eigenvalue weighted by Crippen LogP contribution is -2.41. The topological polar surface area (TPSA) is 29.5 Å². The summed E-state index contributed by atoms with van der Waals surface area (Å²) in [5.74, 6) is 0. The SMILES string of the molecule is CCO[Si](C)(C)C[Si](C)(C)O. The van der Waals surface area contributed by atoms with E-state index in [4.69, 9.17) is 4.43 Å². The summed E-state index contributed by atoms with van der Waals surface area (Å²) in [6, 6.07) is 0. The second-order valence-electron chi connectivity index (χ2n) is 4.18. The van der Waals surface area contributed by atoms with E-state index in [9.17, 15) is 4.80 Å². The molecule has 0 bridgehead atoms. The fourth-order valence-corrected chi connectivity index (χ4v) is 11.0. The van der Waals surface area contributed by atoms with Gasteiger partial charge in [-0.05, 0) is 38.8 Å². The largest absolute Gasteiger partial charge is 0.432 e. The predicted molar refractivity (Wildman–Crippen MR) is 53.6 cm³/mol. The standard InChI is InChI=1S/C7H20O2Si2/c1-6-9-11(4,5)7-10(2,3)8/h8H,6-7H2,1-5H3. The van der Waals surface area contributed by atoms with Crippen LogP contribution in [0.1, 0.15) is 6.92 Å². The smallest absolute Gasteiger partial charge is 0.186 e. The Morgan fingerprint density at radius 2 is 1.64 bits per heavy atom. The second kappa shape index (κ2) is 3.84. The first-order valence-corrected chi connectivity index (χ1v) is 10.4. The van der Waals surface area contributed by atoms with Gasteiger partial charge in [-0.25, -0.2) is 0 Å². The molecule has 0 aliphatic rings. The molecular weight excluding hydrogens is 172 g/mol. The fraction of sp³-hybridized carbons (Fsp3) is 1.00. The Balaban J connectivity index is 3.91.